The molecule has 0 spiro atoms. The first kappa shape index (κ1) is 12.6. The average molecular weight is 261 g/mol. The molecule has 0 bridgehead atoms. The number of aromatic nitrogens is 2. The Bertz CT molecular complexity index is 563. The summed E-state index contributed by atoms with van der Waals surface area (Å²) in [6.45, 7) is 4.11. The Hall–Kier alpha value is -1.88. The summed E-state index contributed by atoms with van der Waals surface area (Å²) in [4.78, 5) is 0.321. The topological polar surface area (TPSA) is 53.1 Å². The van der Waals surface area contributed by atoms with E-state index in [2.05, 4.69) is 18.9 Å². The normalized spacial score (nSPS) is 10.6. The molecule has 1 aromatic heterocycles. The molecule has 4 nitrogen and oxygen atoms in total. The molecule has 0 atom stereocenters. The molecule has 0 aliphatic rings. The van der Waals surface area contributed by atoms with Crippen molar-refractivity contribution in [3.05, 3.63) is 42.2 Å². The van der Waals surface area contributed by atoms with Crippen molar-refractivity contribution in [2.75, 3.05) is 0 Å². The summed E-state index contributed by atoms with van der Waals surface area (Å²) in [5, 5.41) is 4.21. The molecule has 2 aromatic rings. The molecule has 0 unspecified atom stereocenters. The molecule has 94 valence electrons. The standard InChI is InChI=1S/C13H15N3OS/c1-9(2)16-8-10(7-15-16)17-12-6-4-3-5-11(12)13(14)18/h3-9H,1-2H3,(H2,14,18). The SMILES string of the molecule is CC(C)n1cc(Oc2ccccc2C(N)=S)cn1. The van der Waals surface area contributed by atoms with Crippen LogP contribution in [0.3, 0.4) is 0 Å². The van der Waals surface area contributed by atoms with Crippen LogP contribution in [0.25, 0.3) is 0 Å². The van der Waals surface area contributed by atoms with Gasteiger partial charge in [-0.25, -0.2) is 0 Å². The monoisotopic (exact) mass is 261 g/mol. The zero-order valence-electron chi connectivity index (χ0n) is 10.3. The van der Waals surface area contributed by atoms with Crippen molar-refractivity contribution in [2.24, 2.45) is 5.73 Å². The van der Waals surface area contributed by atoms with Crippen molar-refractivity contribution in [1.82, 2.24) is 9.78 Å². The van der Waals surface area contributed by atoms with Gasteiger partial charge in [0.2, 0.25) is 0 Å². The van der Waals surface area contributed by atoms with Gasteiger partial charge in [0.05, 0.1) is 18.0 Å². The number of hydrogen-bond donors (Lipinski definition) is 1. The van der Waals surface area contributed by atoms with Crippen molar-refractivity contribution in [3.8, 4) is 11.5 Å². The quantitative estimate of drug-likeness (QED) is 0.860. The molecule has 0 fully saturated rings. The summed E-state index contributed by atoms with van der Waals surface area (Å²) in [5.74, 6) is 1.32. The summed E-state index contributed by atoms with van der Waals surface area (Å²) >= 11 is 4.99. The van der Waals surface area contributed by atoms with Crippen molar-refractivity contribution in [3.63, 3.8) is 0 Å². The van der Waals surface area contributed by atoms with E-state index in [4.69, 9.17) is 22.7 Å². The van der Waals surface area contributed by atoms with Crippen molar-refractivity contribution in [1.29, 1.82) is 0 Å². The Labute approximate surface area is 111 Å². The van der Waals surface area contributed by atoms with Gasteiger partial charge in [-0.2, -0.15) is 5.10 Å². The minimum Gasteiger partial charge on any atom is -0.453 e. The Balaban J connectivity index is 2.25. The fraction of sp³-hybridized carbons (Fsp3) is 0.231. The molecule has 0 aliphatic carbocycles. The minimum atomic E-state index is 0.299. The summed E-state index contributed by atoms with van der Waals surface area (Å²) in [5.41, 5.74) is 6.38. The van der Waals surface area contributed by atoms with E-state index in [0.29, 0.717) is 22.5 Å². The first-order chi connectivity index (χ1) is 8.58. The smallest absolute Gasteiger partial charge is 0.165 e. The highest BCUT2D eigenvalue weighted by atomic mass is 32.1. The lowest BCUT2D eigenvalue weighted by molar-refractivity contribution is 0.476. The van der Waals surface area contributed by atoms with Crippen LogP contribution in [0.4, 0.5) is 0 Å². The lowest BCUT2D eigenvalue weighted by atomic mass is 10.2. The maximum Gasteiger partial charge on any atom is 0.165 e. The van der Waals surface area contributed by atoms with Crippen LogP contribution in [0, 0.1) is 0 Å². The highest BCUT2D eigenvalue weighted by Crippen LogP contribution is 2.25. The van der Waals surface area contributed by atoms with Crippen LogP contribution in [-0.2, 0) is 0 Å². The van der Waals surface area contributed by atoms with Gasteiger partial charge in [0.25, 0.3) is 0 Å². The van der Waals surface area contributed by atoms with Crippen LogP contribution in [0.15, 0.2) is 36.7 Å². The highest BCUT2D eigenvalue weighted by molar-refractivity contribution is 7.80. The second-order valence-corrected chi connectivity index (χ2v) is 4.65. The van der Waals surface area contributed by atoms with E-state index in [-0.39, 0.29) is 0 Å². The van der Waals surface area contributed by atoms with Crippen molar-refractivity contribution in [2.45, 2.75) is 19.9 Å². The number of hydrogen-bond acceptors (Lipinski definition) is 3. The van der Waals surface area contributed by atoms with Gasteiger partial charge in [0.15, 0.2) is 5.75 Å². The van der Waals surface area contributed by atoms with Gasteiger partial charge < -0.3 is 10.5 Å². The lowest BCUT2D eigenvalue weighted by Crippen LogP contribution is -2.10. The zero-order valence-corrected chi connectivity index (χ0v) is 11.1. The first-order valence-corrected chi connectivity index (χ1v) is 6.09. The van der Waals surface area contributed by atoms with E-state index in [1.807, 2.05) is 35.1 Å². The molecule has 5 heteroatoms. The van der Waals surface area contributed by atoms with Gasteiger partial charge in [-0.3, -0.25) is 4.68 Å². The fourth-order valence-electron chi connectivity index (χ4n) is 1.54. The molecule has 1 heterocycles. The Morgan fingerprint density at radius 1 is 1.39 bits per heavy atom. The third-order valence-corrected chi connectivity index (χ3v) is 2.71. The molecule has 2 rings (SSSR count). The maximum atomic E-state index is 5.75. The molecular formula is C13H15N3OS. The molecule has 0 aliphatic heterocycles. The van der Waals surface area contributed by atoms with Crippen LogP contribution >= 0.6 is 12.2 Å². The lowest BCUT2D eigenvalue weighted by Gasteiger charge is -2.08. The van der Waals surface area contributed by atoms with E-state index >= 15 is 0 Å². The number of thiocarbonyl (C=S) groups is 1. The molecule has 2 N–H and O–H groups in total. The van der Waals surface area contributed by atoms with Gasteiger partial charge in [0.1, 0.15) is 10.7 Å². The van der Waals surface area contributed by atoms with Gasteiger partial charge >= 0.3 is 0 Å². The third-order valence-electron chi connectivity index (χ3n) is 2.49. The summed E-state index contributed by atoms with van der Waals surface area (Å²) in [6, 6.07) is 7.72. The van der Waals surface area contributed by atoms with E-state index in [9.17, 15) is 0 Å². The molecule has 0 radical (unpaired) electrons. The van der Waals surface area contributed by atoms with Crippen molar-refractivity contribution < 1.29 is 4.74 Å². The van der Waals surface area contributed by atoms with Crippen LogP contribution in [0.2, 0.25) is 0 Å². The Morgan fingerprint density at radius 2 is 2.11 bits per heavy atom. The second-order valence-electron chi connectivity index (χ2n) is 4.21. The Kier molecular flexibility index (Phi) is 3.62. The maximum absolute atomic E-state index is 5.75. The second kappa shape index (κ2) is 5.18. The van der Waals surface area contributed by atoms with E-state index in [1.54, 1.807) is 6.20 Å². The number of benzene rings is 1. The van der Waals surface area contributed by atoms with E-state index in [0.717, 1.165) is 5.56 Å². The molecule has 0 amide bonds. The molecule has 0 saturated heterocycles. The summed E-state index contributed by atoms with van der Waals surface area (Å²) in [7, 11) is 0. The number of rotatable bonds is 4. The van der Waals surface area contributed by atoms with Gasteiger partial charge in [-0.05, 0) is 26.0 Å². The van der Waals surface area contributed by atoms with Crippen LogP contribution in [0.5, 0.6) is 11.5 Å². The third kappa shape index (κ3) is 2.68. The first-order valence-electron chi connectivity index (χ1n) is 5.69. The molecule has 0 saturated carbocycles. The Morgan fingerprint density at radius 3 is 2.72 bits per heavy atom. The van der Waals surface area contributed by atoms with E-state index < -0.39 is 0 Å². The number of nitrogens with zero attached hydrogens (tertiary/aromatic N) is 2. The van der Waals surface area contributed by atoms with Crippen molar-refractivity contribution >= 4 is 17.2 Å². The fourth-order valence-corrected chi connectivity index (χ4v) is 1.71. The van der Waals surface area contributed by atoms with Gasteiger partial charge in [-0.15, -0.1) is 0 Å². The number of nitrogens with two attached hydrogens (primary N) is 1. The predicted octanol–water partition coefficient (Wildman–Crippen LogP) is 2.89. The molecule has 18 heavy (non-hydrogen) atoms. The highest BCUT2D eigenvalue weighted by Gasteiger charge is 2.08. The minimum absolute atomic E-state index is 0.299. The van der Waals surface area contributed by atoms with E-state index in [1.165, 1.54) is 0 Å². The van der Waals surface area contributed by atoms with Crippen LogP contribution < -0.4 is 10.5 Å². The largest absolute Gasteiger partial charge is 0.453 e. The average Bonchev–Trinajstić information content (AvgIpc) is 2.78. The predicted molar refractivity (Wildman–Crippen MR) is 75.0 cm³/mol. The molecular weight excluding hydrogens is 246 g/mol. The zero-order chi connectivity index (χ0) is 13.1. The summed E-state index contributed by atoms with van der Waals surface area (Å²) < 4.78 is 7.58. The molecule has 1 aromatic carbocycles. The number of para-hydroxylation sites is 1. The number of ether oxygens (including phenoxy) is 1. The van der Waals surface area contributed by atoms with Crippen LogP contribution in [-0.4, -0.2) is 14.8 Å². The summed E-state index contributed by atoms with van der Waals surface area (Å²) in [6.07, 6.45) is 3.53. The van der Waals surface area contributed by atoms with Crippen LogP contribution in [0.1, 0.15) is 25.5 Å². The van der Waals surface area contributed by atoms with Gasteiger partial charge in [0, 0.05) is 6.04 Å². The van der Waals surface area contributed by atoms with Gasteiger partial charge in [-0.1, -0.05) is 24.4 Å².